The van der Waals surface area contributed by atoms with Crippen LogP contribution < -0.4 is 15.0 Å². The van der Waals surface area contributed by atoms with E-state index in [1.807, 2.05) is 41.2 Å². The fourth-order valence-corrected chi connectivity index (χ4v) is 4.74. The highest BCUT2D eigenvalue weighted by Crippen LogP contribution is 2.32. The third kappa shape index (κ3) is 3.38. The fraction of sp³-hybridized carbons (Fsp3) is 0.435. The molecule has 3 heterocycles. The number of amides is 1. The molecule has 1 unspecified atom stereocenters. The summed E-state index contributed by atoms with van der Waals surface area (Å²) in [6, 6.07) is 7.53. The fourth-order valence-electron chi connectivity index (χ4n) is 4.74. The van der Waals surface area contributed by atoms with Crippen LogP contribution in [0.4, 0.5) is 11.5 Å². The van der Waals surface area contributed by atoms with Gasteiger partial charge >= 0.3 is 0 Å². The average molecular weight is 406 g/mol. The van der Waals surface area contributed by atoms with Crippen LogP contribution in [0.15, 0.2) is 36.7 Å². The van der Waals surface area contributed by atoms with Gasteiger partial charge in [-0.1, -0.05) is 12.1 Å². The SMILES string of the molecule is COc1ccccc1NC(=O)C1CCCN(c2nccn3nc4c(c23)CCCC4)C1. The number of carbonyl (C=O) groups is 1. The van der Waals surface area contributed by atoms with Crippen molar-refractivity contribution in [2.45, 2.75) is 38.5 Å². The van der Waals surface area contributed by atoms with Crippen molar-refractivity contribution in [3.8, 4) is 5.75 Å². The van der Waals surface area contributed by atoms with Gasteiger partial charge in [-0.3, -0.25) is 4.79 Å². The maximum Gasteiger partial charge on any atom is 0.229 e. The van der Waals surface area contributed by atoms with E-state index in [-0.39, 0.29) is 11.8 Å². The van der Waals surface area contributed by atoms with E-state index in [2.05, 4.69) is 10.2 Å². The lowest BCUT2D eigenvalue weighted by Crippen LogP contribution is -2.41. The molecule has 3 aromatic rings. The van der Waals surface area contributed by atoms with Crippen LogP contribution >= 0.6 is 0 Å². The van der Waals surface area contributed by atoms with Gasteiger partial charge in [0.1, 0.15) is 11.3 Å². The van der Waals surface area contributed by atoms with Crippen LogP contribution in [0.3, 0.4) is 0 Å². The van der Waals surface area contributed by atoms with E-state index < -0.39 is 0 Å². The summed E-state index contributed by atoms with van der Waals surface area (Å²) in [7, 11) is 1.62. The molecule has 1 atom stereocenters. The number of benzene rings is 1. The maximum absolute atomic E-state index is 13.0. The molecule has 0 saturated carbocycles. The molecule has 5 rings (SSSR count). The van der Waals surface area contributed by atoms with Crippen LogP contribution in [0.25, 0.3) is 5.52 Å². The Morgan fingerprint density at radius 3 is 2.97 bits per heavy atom. The second-order valence-electron chi connectivity index (χ2n) is 8.15. The summed E-state index contributed by atoms with van der Waals surface area (Å²) >= 11 is 0. The molecule has 1 aliphatic carbocycles. The number of fused-ring (bicyclic) bond motifs is 3. The van der Waals surface area contributed by atoms with Gasteiger partial charge in [-0.2, -0.15) is 5.10 Å². The first-order valence-corrected chi connectivity index (χ1v) is 10.8. The summed E-state index contributed by atoms with van der Waals surface area (Å²) < 4.78 is 7.35. The first kappa shape index (κ1) is 18.9. The number of rotatable bonds is 4. The van der Waals surface area contributed by atoms with Crippen molar-refractivity contribution in [3.63, 3.8) is 0 Å². The molecule has 0 spiro atoms. The first-order valence-electron chi connectivity index (χ1n) is 10.8. The topological polar surface area (TPSA) is 71.8 Å². The number of piperidine rings is 1. The van der Waals surface area contributed by atoms with Crippen molar-refractivity contribution in [2.75, 3.05) is 30.4 Å². The van der Waals surface area contributed by atoms with Gasteiger partial charge in [0, 0.05) is 31.0 Å². The molecule has 1 N–H and O–H groups in total. The normalized spacial score (nSPS) is 18.8. The minimum Gasteiger partial charge on any atom is -0.495 e. The number of nitrogens with one attached hydrogen (secondary N) is 1. The van der Waals surface area contributed by atoms with E-state index >= 15 is 0 Å². The first-order chi connectivity index (χ1) is 14.7. The zero-order chi connectivity index (χ0) is 20.5. The zero-order valence-corrected chi connectivity index (χ0v) is 17.3. The number of ether oxygens (including phenoxy) is 1. The van der Waals surface area contributed by atoms with E-state index in [1.54, 1.807) is 7.11 Å². The Bertz CT molecular complexity index is 1080. The second-order valence-corrected chi connectivity index (χ2v) is 8.15. The van der Waals surface area contributed by atoms with Crippen molar-refractivity contribution in [3.05, 3.63) is 47.9 Å². The Morgan fingerprint density at radius 1 is 1.20 bits per heavy atom. The standard InChI is InChI=1S/C23H27N5O2/c1-30-20-11-5-4-10-19(20)25-23(29)16-7-6-13-27(15-16)22-21-17-8-2-3-9-18(17)26-28(21)14-12-24-22/h4-5,10-12,14,16H,2-3,6-9,13,15H2,1H3,(H,25,29). The van der Waals surface area contributed by atoms with Crippen LogP contribution in [0.5, 0.6) is 5.75 Å². The second kappa shape index (κ2) is 7.97. The van der Waals surface area contributed by atoms with Crippen LogP contribution in [0, 0.1) is 5.92 Å². The van der Waals surface area contributed by atoms with Gasteiger partial charge in [0.05, 0.1) is 24.4 Å². The Hall–Kier alpha value is -3.09. The maximum atomic E-state index is 13.0. The van der Waals surface area contributed by atoms with Gasteiger partial charge in [-0.25, -0.2) is 9.50 Å². The lowest BCUT2D eigenvalue weighted by Gasteiger charge is -2.33. The number of aryl methyl sites for hydroxylation is 2. The molecule has 2 aliphatic rings. The summed E-state index contributed by atoms with van der Waals surface area (Å²) in [6.45, 7) is 1.57. The van der Waals surface area contributed by atoms with Gasteiger partial charge in [0.25, 0.3) is 0 Å². The summed E-state index contributed by atoms with van der Waals surface area (Å²) in [5.74, 6) is 1.58. The Labute approximate surface area is 176 Å². The number of hydrogen-bond acceptors (Lipinski definition) is 5. The number of methoxy groups -OCH3 is 1. The average Bonchev–Trinajstić information content (AvgIpc) is 3.18. The highest BCUT2D eigenvalue weighted by Gasteiger charge is 2.29. The predicted molar refractivity (Wildman–Crippen MR) is 116 cm³/mol. The molecular weight excluding hydrogens is 378 g/mol. The van der Waals surface area contributed by atoms with Gasteiger partial charge in [-0.05, 0) is 50.7 Å². The zero-order valence-electron chi connectivity index (χ0n) is 17.3. The minimum absolute atomic E-state index is 0.0340. The van der Waals surface area contributed by atoms with Crippen molar-refractivity contribution in [2.24, 2.45) is 5.92 Å². The molecule has 0 radical (unpaired) electrons. The van der Waals surface area contributed by atoms with Crippen molar-refractivity contribution in [1.29, 1.82) is 0 Å². The predicted octanol–water partition coefficient (Wildman–Crippen LogP) is 3.47. The largest absolute Gasteiger partial charge is 0.495 e. The summed E-state index contributed by atoms with van der Waals surface area (Å²) in [4.78, 5) is 20.0. The van der Waals surface area contributed by atoms with E-state index in [9.17, 15) is 4.79 Å². The summed E-state index contributed by atoms with van der Waals surface area (Å²) in [5, 5.41) is 7.85. The lowest BCUT2D eigenvalue weighted by atomic mass is 9.95. The van der Waals surface area contributed by atoms with Crippen molar-refractivity contribution in [1.82, 2.24) is 14.6 Å². The molecule has 7 heteroatoms. The van der Waals surface area contributed by atoms with Crippen LogP contribution in [-0.2, 0) is 17.6 Å². The highest BCUT2D eigenvalue weighted by molar-refractivity contribution is 5.94. The van der Waals surface area contributed by atoms with Crippen LogP contribution in [0.2, 0.25) is 0 Å². The molecular formula is C23H27N5O2. The van der Waals surface area contributed by atoms with Gasteiger partial charge in [-0.15, -0.1) is 0 Å². The Morgan fingerprint density at radius 2 is 2.07 bits per heavy atom. The van der Waals surface area contributed by atoms with E-state index in [1.165, 1.54) is 24.1 Å². The van der Waals surface area contributed by atoms with Crippen molar-refractivity contribution >= 4 is 22.9 Å². The molecule has 7 nitrogen and oxygen atoms in total. The van der Waals surface area contributed by atoms with Crippen LogP contribution in [-0.4, -0.2) is 40.7 Å². The summed E-state index contributed by atoms with van der Waals surface area (Å²) in [5.41, 5.74) is 4.38. The number of hydrogen-bond donors (Lipinski definition) is 1. The number of carbonyl (C=O) groups excluding carboxylic acids is 1. The quantitative estimate of drug-likeness (QED) is 0.720. The molecule has 0 bridgehead atoms. The number of nitrogens with zero attached hydrogens (tertiary/aromatic N) is 4. The Balaban J connectivity index is 1.39. The number of aromatic nitrogens is 3. The monoisotopic (exact) mass is 405 g/mol. The molecule has 1 fully saturated rings. The smallest absolute Gasteiger partial charge is 0.229 e. The lowest BCUT2D eigenvalue weighted by molar-refractivity contribution is -0.120. The third-order valence-electron chi connectivity index (χ3n) is 6.26. The molecule has 1 amide bonds. The molecule has 1 aromatic carbocycles. The molecule has 30 heavy (non-hydrogen) atoms. The van der Waals surface area contributed by atoms with Gasteiger partial charge in [0.15, 0.2) is 5.82 Å². The minimum atomic E-state index is -0.0931. The van der Waals surface area contributed by atoms with Gasteiger partial charge in [0.2, 0.25) is 5.91 Å². The molecule has 1 aliphatic heterocycles. The molecule has 156 valence electrons. The number of anilines is 2. The van der Waals surface area contributed by atoms with E-state index in [4.69, 9.17) is 14.8 Å². The Kier molecular flexibility index (Phi) is 5.02. The third-order valence-corrected chi connectivity index (χ3v) is 6.26. The van der Waals surface area contributed by atoms with E-state index in [0.29, 0.717) is 18.0 Å². The molecule has 2 aromatic heterocycles. The highest BCUT2D eigenvalue weighted by atomic mass is 16.5. The van der Waals surface area contributed by atoms with Crippen molar-refractivity contribution < 1.29 is 9.53 Å². The summed E-state index contributed by atoms with van der Waals surface area (Å²) in [6.07, 6.45) is 10.1. The van der Waals surface area contributed by atoms with Crippen LogP contribution in [0.1, 0.15) is 36.9 Å². The molecule has 1 saturated heterocycles. The number of para-hydroxylation sites is 2. The van der Waals surface area contributed by atoms with Gasteiger partial charge < -0.3 is 15.0 Å². The van der Waals surface area contributed by atoms with E-state index in [0.717, 1.165) is 43.6 Å².